The number of rotatable bonds is 1. The van der Waals surface area contributed by atoms with E-state index in [1.165, 1.54) is 18.4 Å². The molecule has 1 fully saturated rings. The summed E-state index contributed by atoms with van der Waals surface area (Å²) in [6.45, 7) is 6.00. The number of benzene rings is 1. The summed E-state index contributed by atoms with van der Waals surface area (Å²) in [5.41, 5.74) is 3.18. The Hall–Kier alpha value is -0.890. The third-order valence-electron chi connectivity index (χ3n) is 3.28. The van der Waals surface area contributed by atoms with Gasteiger partial charge in [0.25, 0.3) is 0 Å². The second-order valence-corrected chi connectivity index (χ2v) is 4.50. The third kappa shape index (κ3) is 2.20. The molecular formula is C13H18FN. The fourth-order valence-electron chi connectivity index (χ4n) is 2.36. The van der Waals surface area contributed by atoms with E-state index in [1.54, 1.807) is 6.07 Å². The molecule has 15 heavy (non-hydrogen) atoms. The topological polar surface area (TPSA) is 12.0 Å². The number of nitrogens with one attached hydrogen (secondary N) is 1. The number of hydrogen-bond acceptors (Lipinski definition) is 1. The molecule has 1 aliphatic rings. The minimum atomic E-state index is -0.0833. The lowest BCUT2D eigenvalue weighted by atomic mass is 9.88. The summed E-state index contributed by atoms with van der Waals surface area (Å²) < 4.78 is 13.3. The van der Waals surface area contributed by atoms with Gasteiger partial charge >= 0.3 is 0 Å². The highest BCUT2D eigenvalue weighted by atomic mass is 19.1. The highest BCUT2D eigenvalue weighted by Crippen LogP contribution is 2.27. The van der Waals surface area contributed by atoms with E-state index in [2.05, 4.69) is 5.32 Å². The van der Waals surface area contributed by atoms with Crippen molar-refractivity contribution in [2.45, 2.75) is 32.6 Å². The molecule has 1 aromatic carbocycles. The zero-order chi connectivity index (χ0) is 10.8. The molecule has 0 aromatic heterocycles. The van der Waals surface area contributed by atoms with Gasteiger partial charge in [-0.05, 0) is 61.9 Å². The van der Waals surface area contributed by atoms with Gasteiger partial charge in [-0.3, -0.25) is 0 Å². The number of hydrogen-bond donors (Lipinski definition) is 1. The van der Waals surface area contributed by atoms with Gasteiger partial charge in [-0.1, -0.05) is 6.07 Å². The van der Waals surface area contributed by atoms with Crippen LogP contribution in [0.4, 0.5) is 4.39 Å². The number of halogens is 1. The van der Waals surface area contributed by atoms with Gasteiger partial charge in [0.1, 0.15) is 5.82 Å². The SMILES string of the molecule is Cc1cc(C2CCCNC2)c(C)cc1F. The molecule has 2 heteroatoms. The number of aryl methyl sites for hydroxylation is 2. The van der Waals surface area contributed by atoms with Crippen LogP contribution in [0.3, 0.4) is 0 Å². The molecular weight excluding hydrogens is 189 g/mol. The Bertz CT molecular complexity index is 354. The Morgan fingerprint density at radius 3 is 2.73 bits per heavy atom. The van der Waals surface area contributed by atoms with Crippen LogP contribution in [0.2, 0.25) is 0 Å². The quantitative estimate of drug-likeness (QED) is 0.746. The first kappa shape index (κ1) is 10.6. The lowest BCUT2D eigenvalue weighted by Crippen LogP contribution is -2.28. The molecule has 1 saturated heterocycles. The standard InChI is InChI=1S/C13H18FN/c1-9-7-13(14)10(2)6-12(9)11-4-3-5-15-8-11/h6-7,11,15H,3-5,8H2,1-2H3. The summed E-state index contributed by atoms with van der Waals surface area (Å²) in [4.78, 5) is 0. The van der Waals surface area contributed by atoms with Crippen LogP contribution in [0.5, 0.6) is 0 Å². The zero-order valence-corrected chi connectivity index (χ0v) is 9.44. The predicted octanol–water partition coefficient (Wildman–Crippen LogP) is 2.91. The van der Waals surface area contributed by atoms with E-state index < -0.39 is 0 Å². The zero-order valence-electron chi connectivity index (χ0n) is 9.44. The average molecular weight is 207 g/mol. The van der Waals surface area contributed by atoms with Crippen molar-refractivity contribution in [2.24, 2.45) is 0 Å². The van der Waals surface area contributed by atoms with Crippen molar-refractivity contribution in [3.05, 3.63) is 34.6 Å². The van der Waals surface area contributed by atoms with Gasteiger partial charge in [-0.15, -0.1) is 0 Å². The third-order valence-corrected chi connectivity index (χ3v) is 3.28. The van der Waals surface area contributed by atoms with Gasteiger partial charge in [-0.25, -0.2) is 4.39 Å². The van der Waals surface area contributed by atoms with Crippen LogP contribution in [0.25, 0.3) is 0 Å². The van der Waals surface area contributed by atoms with Crippen molar-refractivity contribution in [1.29, 1.82) is 0 Å². The molecule has 0 amide bonds. The van der Waals surface area contributed by atoms with Gasteiger partial charge in [0, 0.05) is 6.54 Å². The Morgan fingerprint density at radius 2 is 2.07 bits per heavy atom. The minimum absolute atomic E-state index is 0.0833. The largest absolute Gasteiger partial charge is 0.316 e. The molecule has 2 rings (SSSR count). The van der Waals surface area contributed by atoms with Crippen LogP contribution < -0.4 is 5.32 Å². The van der Waals surface area contributed by atoms with Crippen molar-refractivity contribution in [3.63, 3.8) is 0 Å². The van der Waals surface area contributed by atoms with Crippen LogP contribution in [0.15, 0.2) is 12.1 Å². The first-order chi connectivity index (χ1) is 7.18. The molecule has 1 aromatic rings. The van der Waals surface area contributed by atoms with Crippen LogP contribution in [0, 0.1) is 19.7 Å². The van der Waals surface area contributed by atoms with E-state index in [-0.39, 0.29) is 5.82 Å². The summed E-state index contributed by atoms with van der Waals surface area (Å²) in [6, 6.07) is 3.68. The van der Waals surface area contributed by atoms with Crippen molar-refractivity contribution in [3.8, 4) is 0 Å². The average Bonchev–Trinajstić information content (AvgIpc) is 2.25. The lowest BCUT2D eigenvalue weighted by Gasteiger charge is -2.25. The molecule has 1 atom stereocenters. The Kier molecular flexibility index (Phi) is 3.06. The van der Waals surface area contributed by atoms with Crippen LogP contribution in [-0.2, 0) is 0 Å². The van der Waals surface area contributed by atoms with Crippen molar-refractivity contribution < 1.29 is 4.39 Å². The summed E-state index contributed by atoms with van der Waals surface area (Å²) in [7, 11) is 0. The van der Waals surface area contributed by atoms with E-state index in [4.69, 9.17) is 0 Å². The monoisotopic (exact) mass is 207 g/mol. The predicted molar refractivity (Wildman–Crippen MR) is 60.7 cm³/mol. The molecule has 0 radical (unpaired) electrons. The van der Waals surface area contributed by atoms with Crippen LogP contribution in [-0.4, -0.2) is 13.1 Å². The molecule has 0 spiro atoms. The molecule has 0 aliphatic carbocycles. The molecule has 1 heterocycles. The molecule has 0 bridgehead atoms. The molecule has 1 N–H and O–H groups in total. The molecule has 1 aliphatic heterocycles. The van der Waals surface area contributed by atoms with Gasteiger partial charge in [0.15, 0.2) is 0 Å². The first-order valence-electron chi connectivity index (χ1n) is 5.66. The highest BCUT2D eigenvalue weighted by molar-refractivity contribution is 5.34. The summed E-state index contributed by atoms with van der Waals surface area (Å²) in [6.07, 6.45) is 2.44. The smallest absolute Gasteiger partial charge is 0.126 e. The van der Waals surface area contributed by atoms with E-state index in [1.807, 2.05) is 19.9 Å². The molecule has 1 unspecified atom stereocenters. The van der Waals surface area contributed by atoms with Crippen molar-refractivity contribution >= 4 is 0 Å². The van der Waals surface area contributed by atoms with Crippen LogP contribution in [0.1, 0.15) is 35.4 Å². The van der Waals surface area contributed by atoms with Gasteiger partial charge < -0.3 is 5.32 Å². The lowest BCUT2D eigenvalue weighted by molar-refractivity contribution is 0.459. The molecule has 82 valence electrons. The normalized spacial score (nSPS) is 21.7. The summed E-state index contributed by atoms with van der Waals surface area (Å²) >= 11 is 0. The fourth-order valence-corrected chi connectivity index (χ4v) is 2.36. The van der Waals surface area contributed by atoms with Crippen molar-refractivity contribution in [2.75, 3.05) is 13.1 Å². The second-order valence-electron chi connectivity index (χ2n) is 4.50. The van der Waals surface area contributed by atoms with Crippen LogP contribution >= 0.6 is 0 Å². The van der Waals surface area contributed by atoms with E-state index in [9.17, 15) is 4.39 Å². The van der Waals surface area contributed by atoms with Gasteiger partial charge in [0.2, 0.25) is 0 Å². The fraction of sp³-hybridized carbons (Fsp3) is 0.538. The van der Waals surface area contributed by atoms with Gasteiger partial charge in [-0.2, -0.15) is 0 Å². The Morgan fingerprint density at radius 1 is 1.27 bits per heavy atom. The Labute approximate surface area is 90.7 Å². The molecule has 0 saturated carbocycles. The number of piperidine rings is 1. The maximum Gasteiger partial charge on any atom is 0.126 e. The van der Waals surface area contributed by atoms with Crippen molar-refractivity contribution in [1.82, 2.24) is 5.32 Å². The minimum Gasteiger partial charge on any atom is -0.316 e. The highest BCUT2D eigenvalue weighted by Gasteiger charge is 2.17. The van der Waals surface area contributed by atoms with E-state index in [0.717, 1.165) is 24.2 Å². The summed E-state index contributed by atoms with van der Waals surface area (Å²) in [5, 5.41) is 3.40. The first-order valence-corrected chi connectivity index (χ1v) is 5.66. The Balaban J connectivity index is 2.30. The van der Waals surface area contributed by atoms with E-state index in [0.29, 0.717) is 5.92 Å². The molecule has 1 nitrogen and oxygen atoms in total. The second kappa shape index (κ2) is 4.31. The van der Waals surface area contributed by atoms with E-state index >= 15 is 0 Å². The van der Waals surface area contributed by atoms with Gasteiger partial charge in [0.05, 0.1) is 0 Å². The maximum absolute atomic E-state index is 13.3. The summed E-state index contributed by atoms with van der Waals surface area (Å²) in [5.74, 6) is 0.484. The maximum atomic E-state index is 13.3.